The lowest BCUT2D eigenvalue weighted by atomic mass is 10.2. The lowest BCUT2D eigenvalue weighted by Gasteiger charge is -2.02. The van der Waals surface area contributed by atoms with Crippen LogP contribution in [0.4, 0.5) is 8.78 Å². The minimum Gasteiger partial charge on any atom is -0.364 e. The summed E-state index contributed by atoms with van der Waals surface area (Å²) < 4.78 is 30.9. The van der Waals surface area contributed by atoms with Crippen molar-refractivity contribution in [3.63, 3.8) is 0 Å². The lowest BCUT2D eigenvalue weighted by Crippen LogP contribution is -2.13. The molecular weight excluding hydrogens is 256 g/mol. The highest BCUT2D eigenvalue weighted by molar-refractivity contribution is 5.77. The molecule has 0 radical (unpaired) electrons. The first-order valence-electron chi connectivity index (χ1n) is 5.41. The molecule has 0 unspecified atom stereocenters. The van der Waals surface area contributed by atoms with E-state index in [1.165, 1.54) is 6.26 Å². The summed E-state index contributed by atoms with van der Waals surface area (Å²) in [6.45, 7) is 0. The van der Waals surface area contributed by atoms with Gasteiger partial charge in [0.2, 0.25) is 0 Å². The number of hydrogen-bond acceptors (Lipinski definition) is 4. The Morgan fingerprint density at radius 2 is 2.05 bits per heavy atom. The number of hydrogen-bond donors (Lipinski definition) is 1. The molecule has 0 aliphatic rings. The lowest BCUT2D eigenvalue weighted by molar-refractivity contribution is 0.412. The fraction of sp³-hybridized carbons (Fsp3) is 0.0833. The van der Waals surface area contributed by atoms with Gasteiger partial charge < -0.3 is 9.51 Å². The van der Waals surface area contributed by atoms with Gasteiger partial charge in [0.05, 0.1) is 23.0 Å². The Morgan fingerprint density at radius 3 is 2.79 bits per heavy atom. The molecule has 19 heavy (non-hydrogen) atoms. The molecule has 0 aliphatic carbocycles. The fourth-order valence-electron chi connectivity index (χ4n) is 1.77. The van der Waals surface area contributed by atoms with E-state index in [0.29, 0.717) is 11.5 Å². The molecule has 0 saturated heterocycles. The Kier molecular flexibility index (Phi) is 2.59. The minimum absolute atomic E-state index is 0.00260. The second-order valence-corrected chi connectivity index (χ2v) is 3.96. The molecule has 1 N–H and O–H groups in total. The molecule has 0 amide bonds. The van der Waals surface area contributed by atoms with Crippen LogP contribution < -0.4 is 5.56 Å². The normalized spacial score (nSPS) is 11.1. The van der Waals surface area contributed by atoms with Crippen LogP contribution in [0.1, 0.15) is 11.5 Å². The number of aromatic amines is 1. The smallest absolute Gasteiger partial charge is 0.258 e. The van der Waals surface area contributed by atoms with E-state index < -0.39 is 17.2 Å². The summed E-state index contributed by atoms with van der Waals surface area (Å²) in [5.74, 6) is -1.82. The first-order chi connectivity index (χ1) is 9.13. The zero-order valence-electron chi connectivity index (χ0n) is 9.48. The highest BCUT2D eigenvalue weighted by Crippen LogP contribution is 2.14. The maximum absolute atomic E-state index is 13.1. The van der Waals surface area contributed by atoms with Crippen molar-refractivity contribution in [2.75, 3.05) is 0 Å². The van der Waals surface area contributed by atoms with E-state index in [1.807, 2.05) is 0 Å². The number of fused-ring (bicyclic) bond motifs is 1. The van der Waals surface area contributed by atoms with E-state index >= 15 is 0 Å². The van der Waals surface area contributed by atoms with Crippen LogP contribution in [0.15, 0.2) is 33.8 Å². The Bertz CT molecular complexity index is 797. The molecule has 2 heterocycles. The molecule has 0 atom stereocenters. The molecule has 96 valence electrons. The van der Waals surface area contributed by atoms with Gasteiger partial charge in [0, 0.05) is 12.1 Å². The third kappa shape index (κ3) is 2.10. The van der Waals surface area contributed by atoms with Crippen molar-refractivity contribution in [2.24, 2.45) is 0 Å². The molecule has 1 aromatic carbocycles. The van der Waals surface area contributed by atoms with E-state index in [4.69, 9.17) is 0 Å². The van der Waals surface area contributed by atoms with E-state index in [-0.39, 0.29) is 17.3 Å². The summed E-state index contributed by atoms with van der Waals surface area (Å²) in [6, 6.07) is 3.35. The highest BCUT2D eigenvalue weighted by atomic mass is 19.2. The van der Waals surface area contributed by atoms with Crippen molar-refractivity contribution < 1.29 is 13.3 Å². The summed E-state index contributed by atoms with van der Waals surface area (Å²) in [4.78, 5) is 18.3. The predicted molar refractivity (Wildman–Crippen MR) is 61.6 cm³/mol. The third-order valence-electron chi connectivity index (χ3n) is 2.64. The molecule has 0 bridgehead atoms. The second-order valence-electron chi connectivity index (χ2n) is 3.96. The van der Waals surface area contributed by atoms with Gasteiger partial charge in [-0.2, -0.15) is 0 Å². The van der Waals surface area contributed by atoms with E-state index in [0.717, 1.165) is 12.1 Å². The maximum atomic E-state index is 13.1. The van der Waals surface area contributed by atoms with Crippen LogP contribution in [0.2, 0.25) is 0 Å². The zero-order chi connectivity index (χ0) is 13.4. The van der Waals surface area contributed by atoms with Crippen LogP contribution in [0.3, 0.4) is 0 Å². The summed E-state index contributed by atoms with van der Waals surface area (Å²) >= 11 is 0. The Hall–Kier alpha value is -2.57. The Labute approximate surface area is 104 Å². The van der Waals surface area contributed by atoms with E-state index in [2.05, 4.69) is 19.6 Å². The second kappa shape index (κ2) is 4.27. The molecule has 3 aromatic rings. The molecule has 0 saturated carbocycles. The molecule has 5 nitrogen and oxygen atoms in total. The predicted octanol–water partition coefficient (Wildman–Crippen LogP) is 1.78. The molecule has 7 heteroatoms. The number of benzene rings is 1. The zero-order valence-corrected chi connectivity index (χ0v) is 9.48. The first-order valence-corrected chi connectivity index (χ1v) is 5.41. The highest BCUT2D eigenvalue weighted by Gasteiger charge is 2.10. The van der Waals surface area contributed by atoms with Crippen LogP contribution in [-0.4, -0.2) is 15.1 Å². The van der Waals surface area contributed by atoms with Crippen molar-refractivity contribution in [2.45, 2.75) is 6.42 Å². The quantitative estimate of drug-likeness (QED) is 0.765. The topological polar surface area (TPSA) is 71.8 Å². The van der Waals surface area contributed by atoms with Gasteiger partial charge >= 0.3 is 0 Å². The largest absolute Gasteiger partial charge is 0.364 e. The summed E-state index contributed by atoms with van der Waals surface area (Å²) in [6.07, 6.45) is 1.63. The maximum Gasteiger partial charge on any atom is 0.258 e. The van der Waals surface area contributed by atoms with Crippen molar-refractivity contribution in [1.82, 2.24) is 15.1 Å². The number of nitrogens with zero attached hydrogens (tertiary/aromatic N) is 2. The van der Waals surface area contributed by atoms with Crippen LogP contribution >= 0.6 is 0 Å². The number of nitrogens with one attached hydrogen (secondary N) is 1. The number of halogens is 2. The molecule has 0 fully saturated rings. The van der Waals surface area contributed by atoms with Gasteiger partial charge in [0.25, 0.3) is 5.56 Å². The average molecular weight is 263 g/mol. The van der Waals surface area contributed by atoms with Gasteiger partial charge in [-0.3, -0.25) is 4.79 Å². The van der Waals surface area contributed by atoms with Crippen LogP contribution in [0.5, 0.6) is 0 Å². The summed E-state index contributed by atoms with van der Waals surface area (Å²) in [5, 5.41) is 3.68. The van der Waals surface area contributed by atoms with Crippen molar-refractivity contribution in [3.05, 3.63) is 58.0 Å². The number of rotatable bonds is 2. The van der Waals surface area contributed by atoms with Crippen LogP contribution in [0, 0.1) is 11.6 Å². The van der Waals surface area contributed by atoms with Crippen LogP contribution in [0.25, 0.3) is 10.9 Å². The van der Waals surface area contributed by atoms with Gasteiger partial charge in [-0.05, 0) is 6.07 Å². The van der Waals surface area contributed by atoms with E-state index in [9.17, 15) is 13.6 Å². The van der Waals surface area contributed by atoms with Crippen molar-refractivity contribution in [3.8, 4) is 0 Å². The van der Waals surface area contributed by atoms with Gasteiger partial charge in [-0.25, -0.2) is 13.8 Å². The molecule has 3 rings (SSSR count). The third-order valence-corrected chi connectivity index (χ3v) is 2.64. The van der Waals surface area contributed by atoms with Crippen molar-refractivity contribution in [1.29, 1.82) is 0 Å². The molecule has 0 aliphatic heterocycles. The van der Waals surface area contributed by atoms with Crippen LogP contribution in [-0.2, 0) is 6.42 Å². The summed E-state index contributed by atoms with van der Waals surface area (Å²) in [7, 11) is 0. The number of aromatic nitrogens is 3. The molecular formula is C12H7F2N3O2. The van der Waals surface area contributed by atoms with Gasteiger partial charge in [0.15, 0.2) is 11.6 Å². The van der Waals surface area contributed by atoms with Gasteiger partial charge in [0.1, 0.15) is 12.1 Å². The minimum atomic E-state index is -1.08. The fourth-order valence-corrected chi connectivity index (χ4v) is 1.77. The first kappa shape index (κ1) is 11.5. The van der Waals surface area contributed by atoms with Crippen molar-refractivity contribution >= 4 is 10.9 Å². The summed E-state index contributed by atoms with van der Waals surface area (Å²) in [5.41, 5.74) is 0.147. The molecule has 0 spiro atoms. The monoisotopic (exact) mass is 263 g/mol. The van der Waals surface area contributed by atoms with E-state index in [1.54, 1.807) is 6.07 Å². The number of H-pyrrole nitrogens is 1. The van der Waals surface area contributed by atoms with Gasteiger partial charge in [-0.1, -0.05) is 5.16 Å². The Balaban J connectivity index is 2.13. The Morgan fingerprint density at radius 1 is 1.26 bits per heavy atom. The SMILES string of the molecule is O=c1[nH]c(Cc2ccon2)nc2cc(F)c(F)cc12. The van der Waals surface area contributed by atoms with Gasteiger partial charge in [-0.15, -0.1) is 0 Å². The standard InChI is InChI=1S/C12H7F2N3O2/c13-8-4-7-10(5-9(8)14)15-11(16-12(7)18)3-6-1-2-19-17-6/h1-2,4-5H,3H2,(H,15,16,18). The average Bonchev–Trinajstić information content (AvgIpc) is 2.85. The molecule has 2 aromatic heterocycles.